The monoisotopic (exact) mass is 843 g/mol. The van der Waals surface area contributed by atoms with E-state index in [-0.39, 0.29) is 42.4 Å². The van der Waals surface area contributed by atoms with Crippen LogP contribution in [0.3, 0.4) is 0 Å². The second-order valence-corrected chi connectivity index (χ2v) is 18.5. The Hall–Kier alpha value is -3.71. The lowest BCUT2D eigenvalue weighted by Crippen LogP contribution is -2.56. The lowest BCUT2D eigenvalue weighted by Gasteiger charge is -2.30. The highest BCUT2D eigenvalue weighted by Crippen LogP contribution is 2.35. The number of carbonyl (C=O) groups is 7. The normalized spacial score (nSPS) is 21.2. The summed E-state index contributed by atoms with van der Waals surface area (Å²) in [5.41, 5.74) is 0. The van der Waals surface area contributed by atoms with Crippen LogP contribution in [0.15, 0.2) is 0 Å². The molecule has 6 amide bonds. The maximum Gasteiger partial charge on any atom is 0.326 e. The standard InChI is InChI=1S/C46H78N6O8/c53-32-47-28-8-5-21-39(45(58)52-40(46(59)60)23-7-10-30-49-42(55)36-19-3-4-20-36)51-44(57)38(22-6-9-29-48-41(54)31-35-17-12-18-35)50-43(56)37-26-24-34(25-27-37)16-11-15-33-13-1-2-14-33/h32-40H,1-31H2,(H,47,53)(H,48,54)(H,49,55)(H,50,56)(H,51,57)(H,52,58)(H,59,60). The molecule has 0 aromatic rings. The van der Waals surface area contributed by atoms with E-state index in [9.17, 15) is 38.7 Å². The Morgan fingerprint density at radius 1 is 0.500 bits per heavy atom. The van der Waals surface area contributed by atoms with E-state index in [1.54, 1.807) is 0 Å². The van der Waals surface area contributed by atoms with Crippen LogP contribution in [0.5, 0.6) is 0 Å². The Balaban J connectivity index is 1.31. The topological polar surface area (TPSA) is 212 Å². The maximum atomic E-state index is 14.1. The minimum absolute atomic E-state index is 0.0411. The summed E-state index contributed by atoms with van der Waals surface area (Å²) in [6, 6.07) is -3.16. The summed E-state index contributed by atoms with van der Waals surface area (Å²) < 4.78 is 0. The number of rotatable bonds is 30. The van der Waals surface area contributed by atoms with Crippen molar-refractivity contribution >= 4 is 41.9 Å². The summed E-state index contributed by atoms with van der Waals surface area (Å²) in [4.78, 5) is 89.3. The molecule has 0 heterocycles. The van der Waals surface area contributed by atoms with Crippen molar-refractivity contribution in [2.45, 2.75) is 198 Å². The molecule has 0 spiro atoms. The molecule has 4 aliphatic rings. The Morgan fingerprint density at radius 2 is 1.00 bits per heavy atom. The Morgan fingerprint density at radius 3 is 1.58 bits per heavy atom. The zero-order valence-corrected chi connectivity index (χ0v) is 36.4. The number of nitrogens with one attached hydrogen (secondary N) is 6. The molecule has 4 fully saturated rings. The number of hydrogen-bond donors (Lipinski definition) is 7. The molecule has 0 aromatic carbocycles. The minimum atomic E-state index is -1.19. The molecule has 3 unspecified atom stereocenters. The van der Waals surface area contributed by atoms with Gasteiger partial charge in [-0.1, -0.05) is 64.2 Å². The van der Waals surface area contributed by atoms with Crippen molar-refractivity contribution < 1.29 is 38.7 Å². The highest BCUT2D eigenvalue weighted by Gasteiger charge is 2.32. The smallest absolute Gasteiger partial charge is 0.326 e. The van der Waals surface area contributed by atoms with E-state index in [2.05, 4.69) is 31.9 Å². The van der Waals surface area contributed by atoms with Crippen LogP contribution in [0.1, 0.15) is 180 Å². The third-order valence-corrected chi connectivity index (χ3v) is 13.8. The van der Waals surface area contributed by atoms with E-state index in [1.807, 2.05) is 0 Å². The van der Waals surface area contributed by atoms with Crippen molar-refractivity contribution in [1.82, 2.24) is 31.9 Å². The molecule has 340 valence electrons. The van der Waals surface area contributed by atoms with Gasteiger partial charge in [0.2, 0.25) is 35.9 Å². The van der Waals surface area contributed by atoms with Gasteiger partial charge in [-0.2, -0.15) is 0 Å². The van der Waals surface area contributed by atoms with Gasteiger partial charge < -0.3 is 37.0 Å². The highest BCUT2D eigenvalue weighted by molar-refractivity contribution is 5.93. The van der Waals surface area contributed by atoms with Gasteiger partial charge >= 0.3 is 5.97 Å². The predicted molar refractivity (Wildman–Crippen MR) is 230 cm³/mol. The van der Waals surface area contributed by atoms with Gasteiger partial charge in [-0.25, -0.2) is 4.79 Å². The fourth-order valence-electron chi connectivity index (χ4n) is 9.72. The molecule has 0 radical (unpaired) electrons. The lowest BCUT2D eigenvalue weighted by atomic mass is 9.79. The molecule has 14 nitrogen and oxygen atoms in total. The second kappa shape index (κ2) is 28.0. The lowest BCUT2D eigenvalue weighted by molar-refractivity contribution is -0.142. The molecule has 4 rings (SSSR count). The van der Waals surface area contributed by atoms with E-state index in [1.165, 1.54) is 51.4 Å². The van der Waals surface area contributed by atoms with Gasteiger partial charge in [0.05, 0.1) is 0 Å². The minimum Gasteiger partial charge on any atom is -0.480 e. The van der Waals surface area contributed by atoms with Crippen LogP contribution in [0.2, 0.25) is 0 Å². The highest BCUT2D eigenvalue weighted by atomic mass is 16.4. The van der Waals surface area contributed by atoms with E-state index in [0.29, 0.717) is 89.2 Å². The summed E-state index contributed by atoms with van der Waals surface area (Å²) >= 11 is 0. The SMILES string of the molecule is O=CNCCCCC(NC(=O)C(CCCCNC(=O)CC1CCC1)NC(=O)C1CCC(CCCC2CCCC2)CC1)C(=O)NC(CCCCNC(=O)C1CCCC1)C(=O)O. The van der Waals surface area contributed by atoms with Gasteiger partial charge in [0.15, 0.2) is 0 Å². The van der Waals surface area contributed by atoms with Crippen LogP contribution >= 0.6 is 0 Å². The van der Waals surface area contributed by atoms with Gasteiger partial charge in [-0.05, 0) is 127 Å². The van der Waals surface area contributed by atoms with Crippen LogP contribution in [-0.2, 0) is 33.6 Å². The molecule has 60 heavy (non-hydrogen) atoms. The van der Waals surface area contributed by atoms with Gasteiger partial charge in [-0.15, -0.1) is 0 Å². The zero-order chi connectivity index (χ0) is 43.0. The number of aliphatic carboxylic acids is 1. The Bertz CT molecular complexity index is 1340. The number of carboxylic acid groups (broad SMARTS) is 1. The molecule has 4 saturated carbocycles. The zero-order valence-electron chi connectivity index (χ0n) is 36.4. The van der Waals surface area contributed by atoms with Crippen molar-refractivity contribution in [3.05, 3.63) is 0 Å². The summed E-state index contributed by atoms with van der Waals surface area (Å²) in [7, 11) is 0. The van der Waals surface area contributed by atoms with E-state index < -0.39 is 35.9 Å². The summed E-state index contributed by atoms with van der Waals surface area (Å²) in [5, 5.41) is 27.1. The molecule has 4 aliphatic carbocycles. The number of unbranched alkanes of at least 4 members (excludes halogenated alkanes) is 3. The fraction of sp³-hybridized carbons (Fsp3) is 0.848. The third-order valence-electron chi connectivity index (χ3n) is 13.8. The molecular formula is C46H78N6O8. The van der Waals surface area contributed by atoms with E-state index in [4.69, 9.17) is 0 Å². The van der Waals surface area contributed by atoms with Crippen LogP contribution in [0.25, 0.3) is 0 Å². The van der Waals surface area contributed by atoms with Crippen molar-refractivity contribution in [3.63, 3.8) is 0 Å². The third kappa shape index (κ3) is 18.5. The first kappa shape index (κ1) is 49.0. The largest absolute Gasteiger partial charge is 0.480 e. The number of carbonyl (C=O) groups excluding carboxylic acids is 6. The van der Waals surface area contributed by atoms with Crippen molar-refractivity contribution in [2.75, 3.05) is 19.6 Å². The molecule has 0 bridgehead atoms. The number of carboxylic acids is 1. The van der Waals surface area contributed by atoms with Crippen molar-refractivity contribution in [3.8, 4) is 0 Å². The van der Waals surface area contributed by atoms with E-state index >= 15 is 0 Å². The molecule has 14 heteroatoms. The molecular weight excluding hydrogens is 765 g/mol. The van der Waals surface area contributed by atoms with Crippen molar-refractivity contribution in [2.24, 2.45) is 29.6 Å². The Kier molecular flexibility index (Phi) is 22.8. The Labute approximate surface area is 358 Å². The van der Waals surface area contributed by atoms with Gasteiger partial charge in [-0.3, -0.25) is 28.8 Å². The molecule has 0 aliphatic heterocycles. The molecule has 0 aromatic heterocycles. The quantitative estimate of drug-likeness (QED) is 0.0359. The maximum absolute atomic E-state index is 14.1. The first-order chi connectivity index (χ1) is 29.1. The van der Waals surface area contributed by atoms with Crippen LogP contribution in [0.4, 0.5) is 0 Å². The van der Waals surface area contributed by atoms with Crippen LogP contribution in [-0.4, -0.2) is 84.8 Å². The van der Waals surface area contributed by atoms with Crippen LogP contribution in [0, 0.1) is 29.6 Å². The van der Waals surface area contributed by atoms with Gasteiger partial charge in [0.25, 0.3) is 0 Å². The second-order valence-electron chi connectivity index (χ2n) is 18.5. The number of amides is 6. The first-order valence-electron chi connectivity index (χ1n) is 24.0. The summed E-state index contributed by atoms with van der Waals surface area (Å²) in [5.74, 6) is -0.525. The predicted octanol–water partition coefficient (Wildman–Crippen LogP) is 5.56. The van der Waals surface area contributed by atoms with Gasteiger partial charge in [0.1, 0.15) is 18.1 Å². The van der Waals surface area contributed by atoms with E-state index in [0.717, 1.165) is 70.1 Å². The summed E-state index contributed by atoms with van der Waals surface area (Å²) in [6.45, 7) is 1.30. The molecule has 7 N–H and O–H groups in total. The average molecular weight is 843 g/mol. The fourth-order valence-corrected chi connectivity index (χ4v) is 9.72. The summed E-state index contributed by atoms with van der Waals surface area (Å²) in [6.07, 6.45) is 25.2. The molecule has 3 atom stereocenters. The van der Waals surface area contributed by atoms with Gasteiger partial charge in [0, 0.05) is 37.9 Å². The average Bonchev–Trinajstić information content (AvgIpc) is 3.96. The first-order valence-corrected chi connectivity index (χ1v) is 24.0. The molecule has 0 saturated heterocycles. The van der Waals surface area contributed by atoms with Crippen molar-refractivity contribution in [1.29, 1.82) is 0 Å². The number of hydrogen-bond acceptors (Lipinski definition) is 7. The van der Waals surface area contributed by atoms with Crippen LogP contribution < -0.4 is 31.9 Å².